The van der Waals surface area contributed by atoms with Crippen molar-refractivity contribution in [3.05, 3.63) is 119 Å². The van der Waals surface area contributed by atoms with Crippen LogP contribution in [-0.2, 0) is 30.2 Å². The number of carbonyl (C=O) groups is 1. The second kappa shape index (κ2) is 12.1. The average Bonchev–Trinajstić information content (AvgIpc) is 2.92. The van der Waals surface area contributed by atoms with E-state index in [0.717, 1.165) is 40.6 Å². The maximum atomic E-state index is 13.3. The molecule has 0 bridgehead atoms. The van der Waals surface area contributed by atoms with Gasteiger partial charge in [0.2, 0.25) is 5.91 Å². The summed E-state index contributed by atoms with van der Waals surface area (Å²) in [6.07, 6.45) is -8.88. The van der Waals surface area contributed by atoms with E-state index in [1.807, 2.05) is 49.4 Å². The van der Waals surface area contributed by atoms with Gasteiger partial charge >= 0.3 is 12.4 Å². The third kappa shape index (κ3) is 7.41. The normalized spacial score (nSPS) is 12.9. The number of hydrogen-bond donors (Lipinski definition) is 1. The Morgan fingerprint density at radius 2 is 1.23 bits per heavy atom. The van der Waals surface area contributed by atoms with Gasteiger partial charge in [-0.3, -0.25) is 4.79 Å². The summed E-state index contributed by atoms with van der Waals surface area (Å²) in [7, 11) is 0. The zero-order valence-corrected chi connectivity index (χ0v) is 21.7. The molecule has 0 radical (unpaired) electrons. The summed E-state index contributed by atoms with van der Waals surface area (Å²) in [6.45, 7) is 2.35. The lowest BCUT2D eigenvalue weighted by molar-refractivity contribution is -0.138. The second-order valence-corrected chi connectivity index (χ2v) is 9.63. The van der Waals surface area contributed by atoms with Crippen LogP contribution in [0.4, 0.5) is 26.3 Å². The van der Waals surface area contributed by atoms with E-state index in [1.54, 1.807) is 0 Å². The monoisotopic (exact) mass is 558 g/mol. The first-order valence-corrected chi connectivity index (χ1v) is 12.7. The van der Waals surface area contributed by atoms with Crippen LogP contribution in [0.2, 0.25) is 0 Å². The predicted molar refractivity (Wildman–Crippen MR) is 142 cm³/mol. The highest BCUT2D eigenvalue weighted by molar-refractivity contribution is 5.86. The summed E-state index contributed by atoms with van der Waals surface area (Å²) in [5.74, 6) is -0.280. The Morgan fingerprint density at radius 1 is 0.725 bits per heavy atom. The summed E-state index contributed by atoms with van der Waals surface area (Å²) in [5.41, 5.74) is 0.430. The average molecular weight is 559 g/mol. The number of alkyl halides is 6. The molecule has 0 saturated carbocycles. The standard InChI is InChI=1S/C31H28F6N2O/c1-21(27-8-4-6-24-5-2-3-7-28(24)27)38-18-17-29(40)39(19-22-9-13-25(14-10-22)30(32,33)34)20-23-11-15-26(16-12-23)31(35,36)37/h2-16,21,38H,17-20H2,1H3. The summed E-state index contributed by atoms with van der Waals surface area (Å²) in [6, 6.07) is 22.9. The number of hydrogen-bond acceptors (Lipinski definition) is 2. The van der Waals surface area contributed by atoms with Gasteiger partial charge in [-0.1, -0.05) is 66.7 Å². The Labute approximate surface area is 228 Å². The van der Waals surface area contributed by atoms with E-state index in [-0.39, 0.29) is 31.5 Å². The number of nitrogens with one attached hydrogen (secondary N) is 1. The van der Waals surface area contributed by atoms with E-state index < -0.39 is 23.5 Å². The zero-order chi connectivity index (χ0) is 28.9. The van der Waals surface area contributed by atoms with E-state index in [2.05, 4.69) is 5.32 Å². The van der Waals surface area contributed by atoms with Crippen LogP contribution in [0.15, 0.2) is 91.0 Å². The third-order valence-electron chi connectivity index (χ3n) is 6.74. The van der Waals surface area contributed by atoms with Crippen molar-refractivity contribution in [2.45, 2.75) is 44.8 Å². The quantitative estimate of drug-likeness (QED) is 0.210. The van der Waals surface area contributed by atoms with Crippen LogP contribution in [-0.4, -0.2) is 17.4 Å². The molecule has 210 valence electrons. The van der Waals surface area contributed by atoms with Crippen molar-refractivity contribution in [3.8, 4) is 0 Å². The molecule has 1 unspecified atom stereocenters. The number of benzene rings is 4. The van der Waals surface area contributed by atoms with Crippen LogP contribution in [0.25, 0.3) is 10.8 Å². The zero-order valence-electron chi connectivity index (χ0n) is 21.7. The SMILES string of the molecule is CC(NCCC(=O)N(Cc1ccc(C(F)(F)F)cc1)Cc1ccc(C(F)(F)F)cc1)c1cccc2ccccc12. The van der Waals surface area contributed by atoms with Gasteiger partial charge in [0.25, 0.3) is 0 Å². The van der Waals surface area contributed by atoms with Gasteiger partial charge in [-0.25, -0.2) is 0 Å². The molecule has 0 saturated heterocycles. The molecule has 1 N–H and O–H groups in total. The van der Waals surface area contributed by atoms with Crippen molar-refractivity contribution in [2.75, 3.05) is 6.54 Å². The molecule has 4 aromatic rings. The topological polar surface area (TPSA) is 32.3 Å². The van der Waals surface area contributed by atoms with Gasteiger partial charge in [0.1, 0.15) is 0 Å². The first-order valence-electron chi connectivity index (χ1n) is 12.7. The molecule has 0 aromatic heterocycles. The van der Waals surface area contributed by atoms with E-state index >= 15 is 0 Å². The van der Waals surface area contributed by atoms with E-state index in [4.69, 9.17) is 0 Å². The fourth-order valence-corrected chi connectivity index (χ4v) is 4.56. The molecule has 0 spiro atoms. The molecule has 1 amide bonds. The third-order valence-corrected chi connectivity index (χ3v) is 6.74. The van der Waals surface area contributed by atoms with Crippen molar-refractivity contribution in [1.82, 2.24) is 10.2 Å². The molecular formula is C31H28F6N2O. The molecule has 0 fully saturated rings. The first kappa shape index (κ1) is 29.1. The minimum absolute atomic E-state index is 0.0108. The summed E-state index contributed by atoms with van der Waals surface area (Å²) in [5, 5.41) is 5.56. The van der Waals surface area contributed by atoms with Gasteiger partial charge in [0.05, 0.1) is 11.1 Å². The van der Waals surface area contributed by atoms with Gasteiger partial charge in [-0.05, 0) is 58.7 Å². The van der Waals surface area contributed by atoms with Crippen molar-refractivity contribution in [3.63, 3.8) is 0 Å². The van der Waals surface area contributed by atoms with Gasteiger partial charge in [-0.2, -0.15) is 26.3 Å². The van der Waals surface area contributed by atoms with Crippen LogP contribution in [0.1, 0.15) is 47.2 Å². The van der Waals surface area contributed by atoms with Crippen molar-refractivity contribution in [2.24, 2.45) is 0 Å². The van der Waals surface area contributed by atoms with E-state index in [0.29, 0.717) is 17.7 Å². The Balaban J connectivity index is 1.46. The van der Waals surface area contributed by atoms with E-state index in [9.17, 15) is 31.1 Å². The molecule has 3 nitrogen and oxygen atoms in total. The number of fused-ring (bicyclic) bond motifs is 1. The molecule has 4 aromatic carbocycles. The molecule has 4 rings (SSSR count). The Kier molecular flexibility index (Phi) is 8.83. The smallest absolute Gasteiger partial charge is 0.334 e. The maximum Gasteiger partial charge on any atom is 0.416 e. The highest BCUT2D eigenvalue weighted by Gasteiger charge is 2.31. The molecule has 0 aliphatic rings. The number of amides is 1. The summed E-state index contributed by atoms with van der Waals surface area (Å²) >= 11 is 0. The minimum atomic E-state index is -4.49. The largest absolute Gasteiger partial charge is 0.416 e. The Morgan fingerprint density at radius 3 is 1.75 bits per heavy atom. The Bertz CT molecular complexity index is 1360. The molecule has 40 heavy (non-hydrogen) atoms. The highest BCUT2D eigenvalue weighted by Crippen LogP contribution is 2.31. The number of nitrogens with zero attached hydrogens (tertiary/aromatic N) is 1. The van der Waals surface area contributed by atoms with Gasteiger partial charge in [0, 0.05) is 32.1 Å². The number of rotatable bonds is 9. The van der Waals surface area contributed by atoms with Crippen LogP contribution in [0.3, 0.4) is 0 Å². The molecule has 1 atom stereocenters. The maximum absolute atomic E-state index is 13.3. The van der Waals surface area contributed by atoms with Crippen molar-refractivity contribution >= 4 is 16.7 Å². The molecular weight excluding hydrogens is 530 g/mol. The lowest BCUT2D eigenvalue weighted by Gasteiger charge is -2.24. The molecule has 0 heterocycles. The highest BCUT2D eigenvalue weighted by atomic mass is 19.4. The van der Waals surface area contributed by atoms with Crippen molar-refractivity contribution in [1.29, 1.82) is 0 Å². The number of carbonyl (C=O) groups excluding carboxylic acids is 1. The minimum Gasteiger partial charge on any atom is -0.334 e. The fraction of sp³-hybridized carbons (Fsp3) is 0.258. The summed E-state index contributed by atoms with van der Waals surface area (Å²) < 4.78 is 77.9. The molecule has 0 aliphatic heterocycles. The van der Waals surface area contributed by atoms with E-state index in [1.165, 1.54) is 29.2 Å². The summed E-state index contributed by atoms with van der Waals surface area (Å²) in [4.78, 5) is 14.7. The van der Waals surface area contributed by atoms with Crippen molar-refractivity contribution < 1.29 is 31.1 Å². The molecule has 9 heteroatoms. The lowest BCUT2D eigenvalue weighted by atomic mass is 9.99. The first-order chi connectivity index (χ1) is 18.9. The number of halogens is 6. The van der Waals surface area contributed by atoms with Gasteiger partial charge in [-0.15, -0.1) is 0 Å². The Hall–Kier alpha value is -3.85. The fourth-order valence-electron chi connectivity index (χ4n) is 4.56. The van der Waals surface area contributed by atoms with Crippen LogP contribution in [0.5, 0.6) is 0 Å². The van der Waals surface area contributed by atoms with Gasteiger partial charge in [0.15, 0.2) is 0 Å². The lowest BCUT2D eigenvalue weighted by Crippen LogP contribution is -2.33. The van der Waals surface area contributed by atoms with Crippen LogP contribution >= 0.6 is 0 Å². The van der Waals surface area contributed by atoms with Gasteiger partial charge < -0.3 is 10.2 Å². The van der Waals surface area contributed by atoms with Crippen LogP contribution in [0, 0.1) is 0 Å². The predicted octanol–water partition coefficient (Wildman–Crippen LogP) is 8.15. The second-order valence-electron chi connectivity index (χ2n) is 9.63. The molecule has 0 aliphatic carbocycles. The van der Waals surface area contributed by atoms with Crippen LogP contribution < -0.4 is 5.32 Å².